The number of aliphatic imine (C=N–C) groups is 1. The maximum atomic E-state index is 12.1. The molecule has 0 radical (unpaired) electrons. The van der Waals surface area contributed by atoms with E-state index in [0.29, 0.717) is 12.5 Å². The molecule has 2 rings (SSSR count). The van der Waals surface area contributed by atoms with E-state index in [4.69, 9.17) is 9.73 Å². The molecule has 2 atom stereocenters. The predicted molar refractivity (Wildman–Crippen MR) is 126 cm³/mol. The molecular weight excluding hydrogens is 467 g/mol. The average molecular weight is 508 g/mol. The van der Waals surface area contributed by atoms with E-state index >= 15 is 0 Å². The molecule has 2 aliphatic rings. The fraction of sp³-hybridized carbons (Fsp3) is 0.905. The molecule has 0 aromatic rings. The van der Waals surface area contributed by atoms with Gasteiger partial charge in [0.25, 0.3) is 0 Å². The molecule has 0 aromatic carbocycles. The Labute approximate surface area is 188 Å². The lowest BCUT2D eigenvalue weighted by Gasteiger charge is -2.35. The molecule has 0 amide bonds. The monoisotopic (exact) mass is 508 g/mol. The maximum absolute atomic E-state index is 12.1. The van der Waals surface area contributed by atoms with Crippen LogP contribution in [0.15, 0.2) is 4.99 Å². The highest BCUT2D eigenvalue weighted by molar-refractivity contribution is 14.0. The summed E-state index contributed by atoms with van der Waals surface area (Å²) in [6.07, 6.45) is 4.47. The van der Waals surface area contributed by atoms with E-state index in [0.717, 1.165) is 57.4 Å². The molecule has 0 bridgehead atoms. The fourth-order valence-electron chi connectivity index (χ4n) is 4.25. The zero-order valence-corrected chi connectivity index (χ0v) is 20.6. The first-order chi connectivity index (χ1) is 13.0. The summed E-state index contributed by atoms with van der Waals surface area (Å²) in [5, 5.41) is 3.44. The molecule has 0 aromatic heterocycles. The lowest BCUT2D eigenvalue weighted by Crippen LogP contribution is -2.48. The Kier molecular flexibility index (Phi) is 12.4. The molecule has 2 heterocycles. The van der Waals surface area contributed by atoms with Gasteiger partial charge < -0.3 is 19.9 Å². The lowest BCUT2D eigenvalue weighted by molar-refractivity contribution is -0.149. The quantitative estimate of drug-likeness (QED) is 0.248. The van der Waals surface area contributed by atoms with Crippen LogP contribution in [0.2, 0.25) is 0 Å². The van der Waals surface area contributed by atoms with Gasteiger partial charge >= 0.3 is 5.97 Å². The summed E-state index contributed by atoms with van der Waals surface area (Å²) in [6, 6.07) is 0. The minimum absolute atomic E-state index is 0. The molecule has 2 fully saturated rings. The molecule has 164 valence electrons. The number of esters is 1. The smallest absolute Gasteiger partial charge is 0.310 e. The van der Waals surface area contributed by atoms with Crippen LogP contribution in [0.3, 0.4) is 0 Å². The molecule has 0 spiro atoms. The molecule has 28 heavy (non-hydrogen) atoms. The Morgan fingerprint density at radius 2 is 1.93 bits per heavy atom. The number of hydrogen-bond acceptors (Lipinski definition) is 4. The van der Waals surface area contributed by atoms with Crippen molar-refractivity contribution in [1.82, 2.24) is 15.1 Å². The third kappa shape index (κ3) is 8.43. The van der Waals surface area contributed by atoms with E-state index in [2.05, 4.69) is 35.9 Å². The highest BCUT2D eigenvalue weighted by Crippen LogP contribution is 2.20. The van der Waals surface area contributed by atoms with Gasteiger partial charge in [0.05, 0.1) is 12.5 Å². The van der Waals surface area contributed by atoms with Gasteiger partial charge in [0.15, 0.2) is 5.96 Å². The Hall–Kier alpha value is -0.570. The van der Waals surface area contributed by atoms with Gasteiger partial charge in [0.2, 0.25) is 0 Å². The number of piperidine rings is 2. The van der Waals surface area contributed by atoms with Crippen LogP contribution >= 0.6 is 24.0 Å². The van der Waals surface area contributed by atoms with Crippen LogP contribution < -0.4 is 5.32 Å². The van der Waals surface area contributed by atoms with Crippen LogP contribution in [0.25, 0.3) is 0 Å². The van der Waals surface area contributed by atoms with E-state index in [-0.39, 0.29) is 35.9 Å². The van der Waals surface area contributed by atoms with Crippen molar-refractivity contribution in [2.75, 3.05) is 52.4 Å². The van der Waals surface area contributed by atoms with Crippen LogP contribution in [0.5, 0.6) is 0 Å². The summed E-state index contributed by atoms with van der Waals surface area (Å²) in [6.45, 7) is 16.0. The van der Waals surface area contributed by atoms with Crippen LogP contribution in [-0.2, 0) is 9.53 Å². The van der Waals surface area contributed by atoms with E-state index in [1.807, 2.05) is 6.92 Å². The summed E-state index contributed by atoms with van der Waals surface area (Å²) in [5.74, 6) is 2.23. The van der Waals surface area contributed by atoms with Gasteiger partial charge in [-0.15, -0.1) is 24.0 Å². The third-order valence-electron chi connectivity index (χ3n) is 5.40. The van der Waals surface area contributed by atoms with Crippen molar-refractivity contribution in [2.24, 2.45) is 22.7 Å². The van der Waals surface area contributed by atoms with Gasteiger partial charge in [-0.2, -0.15) is 0 Å². The van der Waals surface area contributed by atoms with E-state index in [1.165, 1.54) is 25.9 Å². The van der Waals surface area contributed by atoms with Crippen LogP contribution in [0.1, 0.15) is 53.4 Å². The van der Waals surface area contributed by atoms with Crippen molar-refractivity contribution >= 4 is 35.9 Å². The normalized spacial score (nSPS) is 24.0. The molecule has 7 heteroatoms. The summed E-state index contributed by atoms with van der Waals surface area (Å²) >= 11 is 0. The van der Waals surface area contributed by atoms with Crippen molar-refractivity contribution < 1.29 is 9.53 Å². The second-order valence-electron chi connectivity index (χ2n) is 8.39. The van der Waals surface area contributed by atoms with Crippen molar-refractivity contribution in [3.05, 3.63) is 0 Å². The number of likely N-dealkylation sites (tertiary alicyclic amines) is 2. The number of nitrogens with one attached hydrogen (secondary N) is 1. The molecule has 2 unspecified atom stereocenters. The van der Waals surface area contributed by atoms with Crippen LogP contribution in [0, 0.1) is 17.8 Å². The molecule has 2 saturated heterocycles. The Morgan fingerprint density at radius 1 is 1.18 bits per heavy atom. The number of rotatable bonds is 7. The predicted octanol–water partition coefficient (Wildman–Crippen LogP) is 3.21. The van der Waals surface area contributed by atoms with Crippen molar-refractivity contribution in [2.45, 2.75) is 53.4 Å². The summed E-state index contributed by atoms with van der Waals surface area (Å²) < 4.78 is 5.24. The lowest BCUT2D eigenvalue weighted by atomic mass is 9.97. The fourth-order valence-corrected chi connectivity index (χ4v) is 4.25. The Morgan fingerprint density at radius 3 is 2.61 bits per heavy atom. The second-order valence-corrected chi connectivity index (χ2v) is 8.39. The minimum atomic E-state index is -0.0605. The number of halogens is 1. The largest absolute Gasteiger partial charge is 0.466 e. The zero-order chi connectivity index (χ0) is 19.6. The summed E-state index contributed by atoms with van der Waals surface area (Å²) in [5.41, 5.74) is 0. The van der Waals surface area contributed by atoms with E-state index in [9.17, 15) is 4.79 Å². The van der Waals surface area contributed by atoms with Gasteiger partial charge in [-0.05, 0) is 57.9 Å². The molecule has 2 aliphatic heterocycles. The summed E-state index contributed by atoms with van der Waals surface area (Å²) in [4.78, 5) is 22.0. The van der Waals surface area contributed by atoms with Crippen LogP contribution in [0.4, 0.5) is 0 Å². The number of carbonyl (C=O) groups excluding carboxylic acids is 1. The molecule has 1 N–H and O–H groups in total. The maximum Gasteiger partial charge on any atom is 0.310 e. The van der Waals surface area contributed by atoms with Gasteiger partial charge in [-0.1, -0.05) is 13.8 Å². The van der Waals surface area contributed by atoms with Crippen molar-refractivity contribution in [1.29, 1.82) is 0 Å². The Bertz CT molecular complexity index is 487. The SMILES string of the molecule is CCNC(=NCC1CCCN(CC(C)C)C1)N1CCCC(C(=O)OCC)C1.I. The highest BCUT2D eigenvalue weighted by Gasteiger charge is 2.28. The minimum Gasteiger partial charge on any atom is -0.466 e. The first-order valence-electron chi connectivity index (χ1n) is 11.0. The number of guanidine groups is 1. The van der Waals surface area contributed by atoms with Gasteiger partial charge in [-0.25, -0.2) is 0 Å². The number of hydrogen-bond donors (Lipinski definition) is 1. The zero-order valence-electron chi connectivity index (χ0n) is 18.3. The van der Waals surface area contributed by atoms with E-state index in [1.54, 1.807) is 0 Å². The molecular formula is C21H41IN4O2. The number of nitrogens with zero attached hydrogens (tertiary/aromatic N) is 3. The molecule has 0 aliphatic carbocycles. The Balaban J connectivity index is 0.00000392. The van der Waals surface area contributed by atoms with Gasteiger partial charge in [0, 0.05) is 39.3 Å². The van der Waals surface area contributed by atoms with Gasteiger partial charge in [0.1, 0.15) is 0 Å². The third-order valence-corrected chi connectivity index (χ3v) is 5.40. The van der Waals surface area contributed by atoms with Crippen LogP contribution in [-0.4, -0.2) is 74.1 Å². The van der Waals surface area contributed by atoms with Crippen molar-refractivity contribution in [3.63, 3.8) is 0 Å². The standard InChI is InChI=1S/C21H40N4O2.HI/c1-5-22-21(25-12-8-10-19(16-25)20(26)27-6-2)23-13-18-9-7-11-24(15-18)14-17(3)4;/h17-19H,5-16H2,1-4H3,(H,22,23);1H. The number of ether oxygens (including phenoxy) is 1. The second kappa shape index (κ2) is 13.6. The molecule has 6 nitrogen and oxygen atoms in total. The van der Waals surface area contributed by atoms with Crippen molar-refractivity contribution in [3.8, 4) is 0 Å². The first kappa shape index (κ1) is 25.5. The average Bonchev–Trinajstić information content (AvgIpc) is 2.65. The van der Waals surface area contributed by atoms with Gasteiger partial charge in [-0.3, -0.25) is 9.79 Å². The topological polar surface area (TPSA) is 57.2 Å². The van der Waals surface area contributed by atoms with E-state index < -0.39 is 0 Å². The first-order valence-corrected chi connectivity index (χ1v) is 11.0. The highest BCUT2D eigenvalue weighted by atomic mass is 127. The summed E-state index contributed by atoms with van der Waals surface area (Å²) in [7, 11) is 0. The number of carbonyl (C=O) groups is 1. The molecule has 0 saturated carbocycles.